The molecule has 192 valence electrons. The third kappa shape index (κ3) is 5.17. The van der Waals surface area contributed by atoms with Gasteiger partial charge in [-0.3, -0.25) is 9.59 Å². The summed E-state index contributed by atoms with van der Waals surface area (Å²) in [5.74, 6) is -0.772. The summed E-state index contributed by atoms with van der Waals surface area (Å²) < 4.78 is 26.5. The van der Waals surface area contributed by atoms with Crippen LogP contribution in [-0.2, 0) is 21.2 Å². The number of rotatable bonds is 5. The Hall–Kier alpha value is -3.12. The quantitative estimate of drug-likeness (QED) is 0.416. The van der Waals surface area contributed by atoms with Crippen molar-refractivity contribution in [2.24, 2.45) is 0 Å². The van der Waals surface area contributed by atoms with Crippen LogP contribution in [0.1, 0.15) is 28.8 Å². The van der Waals surface area contributed by atoms with E-state index < -0.39 is 22.0 Å². The average molecular weight is 579 g/mol. The van der Waals surface area contributed by atoms with E-state index in [4.69, 9.17) is 23.2 Å². The predicted octanol–water partition coefficient (Wildman–Crippen LogP) is 4.90. The fraction of sp³-hybridized carbons (Fsp3) is 0.208. The first-order valence-electron chi connectivity index (χ1n) is 11.3. The van der Waals surface area contributed by atoms with Gasteiger partial charge in [0.1, 0.15) is 8.55 Å². The number of nitrogens with one attached hydrogen (secondary N) is 2. The van der Waals surface area contributed by atoms with E-state index in [-0.39, 0.29) is 31.6 Å². The molecule has 9 nitrogen and oxygen atoms in total. The number of carbonyl (C=O) groups is 3. The van der Waals surface area contributed by atoms with Crippen molar-refractivity contribution in [1.82, 2.24) is 4.72 Å². The highest BCUT2D eigenvalue weighted by atomic mass is 35.5. The number of amides is 4. The molecule has 37 heavy (non-hydrogen) atoms. The summed E-state index contributed by atoms with van der Waals surface area (Å²) in [5.41, 5.74) is 2.80. The number of urea groups is 1. The first-order chi connectivity index (χ1) is 17.6. The van der Waals surface area contributed by atoms with E-state index >= 15 is 0 Å². The zero-order chi connectivity index (χ0) is 26.3. The number of carbonyl (C=O) groups excluding carboxylic acids is 3. The van der Waals surface area contributed by atoms with Gasteiger partial charge in [0.15, 0.2) is 0 Å². The van der Waals surface area contributed by atoms with Crippen LogP contribution in [0, 0.1) is 0 Å². The Bertz CT molecular complexity index is 1500. The third-order valence-corrected chi connectivity index (χ3v) is 9.75. The van der Waals surface area contributed by atoms with Gasteiger partial charge in [-0.2, -0.15) is 0 Å². The van der Waals surface area contributed by atoms with Gasteiger partial charge in [0.2, 0.25) is 5.91 Å². The molecular weight excluding hydrogens is 559 g/mol. The van der Waals surface area contributed by atoms with Crippen LogP contribution in [0.15, 0.2) is 52.7 Å². The van der Waals surface area contributed by atoms with E-state index in [2.05, 4.69) is 10.2 Å². The smallest absolute Gasteiger partial charge is 0.333 e. The van der Waals surface area contributed by atoms with Crippen LogP contribution in [0.5, 0.6) is 0 Å². The van der Waals surface area contributed by atoms with Crippen LogP contribution in [0.25, 0.3) is 0 Å². The maximum absolute atomic E-state index is 13.2. The predicted molar refractivity (Wildman–Crippen MR) is 144 cm³/mol. The van der Waals surface area contributed by atoms with Crippen molar-refractivity contribution in [3.05, 3.63) is 69.0 Å². The van der Waals surface area contributed by atoms with E-state index in [0.717, 1.165) is 53.9 Å². The summed E-state index contributed by atoms with van der Waals surface area (Å²) in [6.45, 7) is 1.93. The largest absolute Gasteiger partial charge is 0.372 e. The molecule has 0 unspecified atom stereocenters. The maximum Gasteiger partial charge on any atom is 0.333 e. The Morgan fingerprint density at radius 1 is 0.946 bits per heavy atom. The van der Waals surface area contributed by atoms with Crippen molar-refractivity contribution in [2.45, 2.75) is 23.5 Å². The maximum atomic E-state index is 13.2. The summed E-state index contributed by atoms with van der Waals surface area (Å²) in [6, 6.07) is 11.7. The van der Waals surface area contributed by atoms with Gasteiger partial charge in [-0.25, -0.2) is 22.8 Å². The van der Waals surface area contributed by atoms with Gasteiger partial charge >= 0.3 is 6.03 Å². The minimum absolute atomic E-state index is 0.0690. The average Bonchev–Trinajstić information content (AvgIpc) is 3.50. The number of sulfonamides is 1. The highest BCUT2D eigenvalue weighted by molar-refractivity contribution is 7.92. The lowest BCUT2D eigenvalue weighted by atomic mass is 9.97. The molecule has 5 rings (SSSR count). The lowest BCUT2D eigenvalue weighted by molar-refractivity contribution is -0.117. The number of anilines is 3. The normalized spacial score (nSPS) is 15.6. The molecule has 0 spiro atoms. The Morgan fingerprint density at radius 3 is 2.27 bits per heavy atom. The number of fused-ring (bicyclic) bond motifs is 1. The number of thiophene rings is 1. The van der Waals surface area contributed by atoms with E-state index in [9.17, 15) is 22.8 Å². The minimum Gasteiger partial charge on any atom is -0.372 e. The molecule has 2 aliphatic rings. The van der Waals surface area contributed by atoms with Crippen LogP contribution in [0.3, 0.4) is 0 Å². The Balaban J connectivity index is 1.28. The summed E-state index contributed by atoms with van der Waals surface area (Å²) in [7, 11) is -4.17. The molecule has 2 aliphatic heterocycles. The van der Waals surface area contributed by atoms with Gasteiger partial charge in [0.05, 0.1) is 17.1 Å². The van der Waals surface area contributed by atoms with Gasteiger partial charge in [-0.05, 0) is 66.9 Å². The van der Waals surface area contributed by atoms with Gasteiger partial charge in [-0.1, -0.05) is 23.2 Å². The molecule has 0 atom stereocenters. The molecule has 0 bridgehead atoms. The van der Waals surface area contributed by atoms with E-state index in [1.807, 2.05) is 16.9 Å². The SMILES string of the molecule is O=C(Nc1ccc(N2C(=O)Cc3cc(N4CCCC4)ccc3C2=O)cc1)NS(=O)(=O)c1cc(Cl)c(Cl)s1. The molecule has 2 N–H and O–H groups in total. The summed E-state index contributed by atoms with van der Waals surface area (Å²) in [6.07, 6.45) is 2.35. The number of halogens is 2. The molecule has 0 saturated carbocycles. The zero-order valence-electron chi connectivity index (χ0n) is 19.2. The fourth-order valence-corrected chi connectivity index (χ4v) is 7.11. The minimum atomic E-state index is -4.17. The van der Waals surface area contributed by atoms with E-state index in [1.54, 1.807) is 6.07 Å². The number of hydrogen-bond acceptors (Lipinski definition) is 7. The molecule has 0 aliphatic carbocycles. The van der Waals surface area contributed by atoms with Crippen molar-refractivity contribution >= 4 is 79.5 Å². The second-order valence-electron chi connectivity index (χ2n) is 8.54. The zero-order valence-corrected chi connectivity index (χ0v) is 22.3. The molecule has 0 radical (unpaired) electrons. The first-order valence-corrected chi connectivity index (χ1v) is 14.3. The standard InChI is InChI=1S/C24H20Cl2N4O5S2/c25-19-13-21(36-22(19)26)37(34,35)28-24(33)27-15-3-5-16(6-4-15)30-20(31)12-14-11-17(29-9-1-2-10-29)7-8-18(14)23(30)32/h3-8,11,13H,1-2,9-10,12H2,(H2,27,28,33). The number of imide groups is 1. The highest BCUT2D eigenvalue weighted by Gasteiger charge is 2.33. The van der Waals surface area contributed by atoms with Gasteiger partial charge in [0.25, 0.3) is 15.9 Å². The molecule has 1 aromatic heterocycles. The van der Waals surface area contributed by atoms with Crippen molar-refractivity contribution in [3.63, 3.8) is 0 Å². The van der Waals surface area contributed by atoms with Crippen molar-refractivity contribution in [2.75, 3.05) is 28.2 Å². The second kappa shape index (κ2) is 9.97. The highest BCUT2D eigenvalue weighted by Crippen LogP contribution is 2.34. The number of hydrogen-bond donors (Lipinski definition) is 2. The summed E-state index contributed by atoms with van der Waals surface area (Å²) in [5, 5.41) is 2.48. The molecule has 1 fully saturated rings. The first kappa shape index (κ1) is 25.5. The van der Waals surface area contributed by atoms with Crippen LogP contribution in [0.4, 0.5) is 21.9 Å². The van der Waals surface area contributed by atoms with Crippen LogP contribution >= 0.6 is 34.5 Å². The second-order valence-corrected chi connectivity index (χ2v) is 12.5. The van der Waals surface area contributed by atoms with Gasteiger partial charge < -0.3 is 10.2 Å². The molecule has 3 aromatic rings. The Kier molecular flexibility index (Phi) is 6.88. The monoisotopic (exact) mass is 578 g/mol. The third-order valence-electron chi connectivity index (χ3n) is 6.08. The molecule has 2 aromatic carbocycles. The topological polar surface area (TPSA) is 116 Å². The lowest BCUT2D eigenvalue weighted by Gasteiger charge is -2.28. The van der Waals surface area contributed by atoms with Crippen molar-refractivity contribution < 1.29 is 22.8 Å². The van der Waals surface area contributed by atoms with Gasteiger partial charge in [0, 0.05) is 30.0 Å². The van der Waals surface area contributed by atoms with Crippen molar-refractivity contribution in [3.8, 4) is 0 Å². The molecule has 4 amide bonds. The number of benzene rings is 2. The van der Waals surface area contributed by atoms with E-state index in [0.29, 0.717) is 16.8 Å². The fourth-order valence-electron chi connectivity index (χ4n) is 4.33. The van der Waals surface area contributed by atoms with Crippen LogP contribution < -0.4 is 19.8 Å². The molecule has 3 heterocycles. The Labute approximate surface area is 227 Å². The summed E-state index contributed by atoms with van der Waals surface area (Å²) >= 11 is 12.3. The van der Waals surface area contributed by atoms with Crippen molar-refractivity contribution in [1.29, 1.82) is 0 Å². The van der Waals surface area contributed by atoms with E-state index in [1.165, 1.54) is 24.3 Å². The van der Waals surface area contributed by atoms with Crippen LogP contribution in [0.2, 0.25) is 9.36 Å². The molecule has 13 heteroatoms. The van der Waals surface area contributed by atoms with Crippen LogP contribution in [-0.4, -0.2) is 39.4 Å². The molecular formula is C24H20Cl2N4O5S2. The molecule has 1 saturated heterocycles. The number of nitrogens with zero attached hydrogens (tertiary/aromatic N) is 2. The lowest BCUT2D eigenvalue weighted by Crippen LogP contribution is -2.42. The van der Waals surface area contributed by atoms with Gasteiger partial charge in [-0.15, -0.1) is 11.3 Å². The Morgan fingerprint density at radius 2 is 1.62 bits per heavy atom. The summed E-state index contributed by atoms with van der Waals surface area (Å²) in [4.78, 5) is 41.7.